The van der Waals surface area contributed by atoms with E-state index in [0.717, 1.165) is 21.9 Å². The van der Waals surface area contributed by atoms with Gasteiger partial charge in [0.25, 0.3) is 5.22 Å². The van der Waals surface area contributed by atoms with Crippen LogP contribution >= 0.6 is 23.4 Å². The van der Waals surface area contributed by atoms with Gasteiger partial charge in [-0.05, 0) is 47.5 Å². The lowest BCUT2D eigenvalue weighted by atomic mass is 10.00. The zero-order valence-electron chi connectivity index (χ0n) is 15.6. The van der Waals surface area contributed by atoms with Crippen LogP contribution in [0, 0.1) is 0 Å². The fourth-order valence-corrected chi connectivity index (χ4v) is 3.79. The molecule has 4 aromatic rings. The molecule has 0 saturated heterocycles. The molecule has 0 bridgehead atoms. The van der Waals surface area contributed by atoms with Gasteiger partial charge in [-0.3, -0.25) is 4.79 Å². The molecule has 1 amide bonds. The molecule has 0 aliphatic heterocycles. The lowest BCUT2D eigenvalue weighted by Gasteiger charge is -2.16. The zero-order valence-corrected chi connectivity index (χ0v) is 17.2. The summed E-state index contributed by atoms with van der Waals surface area (Å²) in [6, 6.07) is 21.3. The Hall–Kier alpha value is -2.83. The standard InChI is InChI=1S/C22H18ClN3O2S/c1-14(18-8-4-6-15-5-2-3-7-19(15)18)24-20(27)13-29-22-26-25-21(28-22)16-9-11-17(23)12-10-16/h2-12,14H,13H2,1H3,(H,24,27). The largest absolute Gasteiger partial charge is 0.411 e. The van der Waals surface area contributed by atoms with Gasteiger partial charge in [0, 0.05) is 10.6 Å². The predicted molar refractivity (Wildman–Crippen MR) is 116 cm³/mol. The van der Waals surface area contributed by atoms with E-state index in [0.29, 0.717) is 16.1 Å². The molecule has 0 aliphatic rings. The first-order valence-electron chi connectivity index (χ1n) is 9.09. The van der Waals surface area contributed by atoms with Gasteiger partial charge in [-0.1, -0.05) is 65.8 Å². The molecule has 7 heteroatoms. The first kappa shape index (κ1) is 19.5. The van der Waals surface area contributed by atoms with Crippen LogP contribution in [0.25, 0.3) is 22.2 Å². The topological polar surface area (TPSA) is 68.0 Å². The number of amides is 1. The minimum atomic E-state index is -0.110. The highest BCUT2D eigenvalue weighted by atomic mass is 35.5. The van der Waals surface area contributed by atoms with Crippen molar-refractivity contribution in [1.82, 2.24) is 15.5 Å². The first-order valence-corrected chi connectivity index (χ1v) is 10.5. The van der Waals surface area contributed by atoms with Crippen molar-refractivity contribution in [1.29, 1.82) is 0 Å². The number of rotatable bonds is 6. The number of hydrogen-bond donors (Lipinski definition) is 1. The molecule has 146 valence electrons. The number of fused-ring (bicyclic) bond motifs is 1. The quantitative estimate of drug-likeness (QED) is 0.414. The van der Waals surface area contributed by atoms with Gasteiger partial charge < -0.3 is 9.73 Å². The Kier molecular flexibility index (Phi) is 5.83. The molecule has 1 heterocycles. The smallest absolute Gasteiger partial charge is 0.277 e. The number of aromatic nitrogens is 2. The van der Waals surface area contributed by atoms with Crippen molar-refractivity contribution in [3.8, 4) is 11.5 Å². The molecule has 0 spiro atoms. The van der Waals surface area contributed by atoms with Gasteiger partial charge in [0.2, 0.25) is 11.8 Å². The summed E-state index contributed by atoms with van der Waals surface area (Å²) in [7, 11) is 0. The molecule has 0 fully saturated rings. The van der Waals surface area contributed by atoms with Crippen molar-refractivity contribution in [2.75, 3.05) is 5.75 Å². The van der Waals surface area contributed by atoms with Crippen LogP contribution in [0.4, 0.5) is 0 Å². The lowest BCUT2D eigenvalue weighted by molar-refractivity contribution is -0.119. The van der Waals surface area contributed by atoms with Crippen molar-refractivity contribution in [2.45, 2.75) is 18.2 Å². The molecule has 29 heavy (non-hydrogen) atoms. The third-order valence-electron chi connectivity index (χ3n) is 4.49. The lowest BCUT2D eigenvalue weighted by Crippen LogP contribution is -2.28. The molecular formula is C22H18ClN3O2S. The van der Waals surface area contributed by atoms with Crippen LogP contribution in [-0.4, -0.2) is 21.9 Å². The average Bonchev–Trinajstić information content (AvgIpc) is 3.21. The Morgan fingerprint density at radius 1 is 1.07 bits per heavy atom. The van der Waals surface area contributed by atoms with Crippen LogP contribution in [0.2, 0.25) is 5.02 Å². The molecule has 0 aliphatic carbocycles. The maximum atomic E-state index is 12.4. The van der Waals surface area contributed by atoms with Gasteiger partial charge in [0.05, 0.1) is 11.8 Å². The van der Waals surface area contributed by atoms with Gasteiger partial charge in [-0.25, -0.2) is 0 Å². The van der Waals surface area contributed by atoms with Crippen LogP contribution < -0.4 is 5.32 Å². The Morgan fingerprint density at radius 3 is 2.66 bits per heavy atom. The maximum absolute atomic E-state index is 12.4. The first-order chi connectivity index (χ1) is 14.1. The van der Waals surface area contributed by atoms with E-state index in [2.05, 4.69) is 33.7 Å². The van der Waals surface area contributed by atoms with Crippen molar-refractivity contribution < 1.29 is 9.21 Å². The fraction of sp³-hybridized carbons (Fsp3) is 0.136. The van der Waals surface area contributed by atoms with E-state index in [9.17, 15) is 4.79 Å². The minimum absolute atomic E-state index is 0.0957. The van der Waals surface area contributed by atoms with E-state index in [-0.39, 0.29) is 17.7 Å². The summed E-state index contributed by atoms with van der Waals surface area (Å²) >= 11 is 7.10. The second-order valence-corrected chi connectivity index (χ2v) is 7.89. The van der Waals surface area contributed by atoms with Crippen molar-refractivity contribution in [2.24, 2.45) is 0 Å². The van der Waals surface area contributed by atoms with Crippen LogP contribution in [0.3, 0.4) is 0 Å². The van der Waals surface area contributed by atoms with E-state index < -0.39 is 0 Å². The van der Waals surface area contributed by atoms with E-state index in [1.54, 1.807) is 12.1 Å². The van der Waals surface area contributed by atoms with E-state index >= 15 is 0 Å². The Bertz CT molecular complexity index is 1140. The highest BCUT2D eigenvalue weighted by Gasteiger charge is 2.15. The second-order valence-electron chi connectivity index (χ2n) is 6.53. The number of carbonyl (C=O) groups is 1. The third kappa shape index (κ3) is 4.60. The average molecular weight is 424 g/mol. The van der Waals surface area contributed by atoms with Crippen molar-refractivity contribution >= 4 is 40.0 Å². The summed E-state index contributed by atoms with van der Waals surface area (Å²) in [5, 5.41) is 14.3. The molecule has 3 aromatic carbocycles. The van der Waals surface area contributed by atoms with Crippen molar-refractivity contribution in [3.63, 3.8) is 0 Å². The summed E-state index contributed by atoms with van der Waals surface area (Å²) in [6.45, 7) is 1.98. The van der Waals surface area contributed by atoms with E-state index in [1.165, 1.54) is 11.8 Å². The third-order valence-corrected chi connectivity index (χ3v) is 5.56. The van der Waals surface area contributed by atoms with E-state index in [1.807, 2.05) is 43.3 Å². The maximum Gasteiger partial charge on any atom is 0.277 e. The van der Waals surface area contributed by atoms with Gasteiger partial charge in [-0.15, -0.1) is 10.2 Å². The monoisotopic (exact) mass is 423 g/mol. The number of thioether (sulfide) groups is 1. The van der Waals surface area contributed by atoms with Crippen LogP contribution in [-0.2, 0) is 4.79 Å². The van der Waals surface area contributed by atoms with Gasteiger partial charge >= 0.3 is 0 Å². The highest BCUT2D eigenvalue weighted by Crippen LogP contribution is 2.26. The van der Waals surface area contributed by atoms with Gasteiger partial charge in [-0.2, -0.15) is 0 Å². The summed E-state index contributed by atoms with van der Waals surface area (Å²) in [6.07, 6.45) is 0. The van der Waals surface area contributed by atoms with Crippen molar-refractivity contribution in [3.05, 3.63) is 77.3 Å². The number of carbonyl (C=O) groups excluding carboxylic acids is 1. The van der Waals surface area contributed by atoms with Crippen LogP contribution in [0.15, 0.2) is 76.4 Å². The second kappa shape index (κ2) is 8.68. The molecule has 1 unspecified atom stereocenters. The summed E-state index contributed by atoms with van der Waals surface area (Å²) in [5.74, 6) is 0.493. The predicted octanol–water partition coefficient (Wildman–Crippen LogP) is 5.51. The Balaban J connectivity index is 1.37. The summed E-state index contributed by atoms with van der Waals surface area (Å²) in [5.41, 5.74) is 1.87. The molecule has 1 aromatic heterocycles. The number of halogens is 1. The number of nitrogens with zero attached hydrogens (tertiary/aromatic N) is 2. The summed E-state index contributed by atoms with van der Waals surface area (Å²) < 4.78 is 5.62. The van der Waals surface area contributed by atoms with E-state index in [4.69, 9.17) is 16.0 Å². The van der Waals surface area contributed by atoms with Crippen LogP contribution in [0.5, 0.6) is 0 Å². The number of benzene rings is 3. The summed E-state index contributed by atoms with van der Waals surface area (Å²) in [4.78, 5) is 12.4. The molecule has 4 rings (SSSR count). The number of hydrogen-bond acceptors (Lipinski definition) is 5. The molecule has 1 atom stereocenters. The molecule has 0 saturated carbocycles. The highest BCUT2D eigenvalue weighted by molar-refractivity contribution is 7.99. The van der Waals surface area contributed by atoms with Crippen LogP contribution in [0.1, 0.15) is 18.5 Å². The fourth-order valence-electron chi connectivity index (χ4n) is 3.09. The van der Waals surface area contributed by atoms with Gasteiger partial charge in [0.1, 0.15) is 0 Å². The zero-order chi connectivity index (χ0) is 20.2. The Morgan fingerprint density at radius 2 is 1.83 bits per heavy atom. The Labute approximate surface area is 177 Å². The molecule has 5 nitrogen and oxygen atoms in total. The number of nitrogens with one attached hydrogen (secondary N) is 1. The molecule has 1 N–H and O–H groups in total. The minimum Gasteiger partial charge on any atom is -0.411 e. The molecular weight excluding hydrogens is 406 g/mol. The SMILES string of the molecule is CC(NC(=O)CSc1nnc(-c2ccc(Cl)cc2)o1)c1cccc2ccccc12. The molecule has 0 radical (unpaired) electrons. The van der Waals surface area contributed by atoms with Gasteiger partial charge in [0.15, 0.2) is 0 Å². The normalized spacial score (nSPS) is 12.1.